The molecule has 2 amide bonds. The Kier molecular flexibility index (Phi) is 3.66. The van der Waals surface area contributed by atoms with Crippen LogP contribution >= 0.6 is 0 Å². The minimum absolute atomic E-state index is 0.0497. The number of aromatic nitrogens is 4. The molecule has 0 saturated carbocycles. The first-order valence-electron chi connectivity index (χ1n) is 7.77. The van der Waals surface area contributed by atoms with Crippen LogP contribution in [0, 0.1) is 0 Å². The quantitative estimate of drug-likeness (QED) is 0.776. The average molecular weight is 320 g/mol. The van der Waals surface area contributed by atoms with Gasteiger partial charge in [-0.15, -0.1) is 0 Å². The summed E-state index contributed by atoms with van der Waals surface area (Å²) >= 11 is 0. The van der Waals surface area contributed by atoms with Crippen LogP contribution in [0.1, 0.15) is 23.6 Å². The van der Waals surface area contributed by atoms with Crippen LogP contribution in [0.3, 0.4) is 0 Å². The van der Waals surface area contributed by atoms with Crippen LogP contribution in [0.25, 0.3) is 5.95 Å². The molecule has 1 aliphatic rings. The second-order valence-electron chi connectivity index (χ2n) is 5.61. The Bertz CT molecular complexity index is 860. The summed E-state index contributed by atoms with van der Waals surface area (Å²) in [6.07, 6.45) is 8.44. The highest BCUT2D eigenvalue weighted by Crippen LogP contribution is 2.30. The number of amides is 2. The third-order valence-corrected chi connectivity index (χ3v) is 4.04. The summed E-state index contributed by atoms with van der Waals surface area (Å²) in [5.41, 5.74) is 3.09. The number of rotatable bonds is 3. The van der Waals surface area contributed by atoms with Gasteiger partial charge in [-0.25, -0.2) is 19.4 Å². The predicted octanol–water partition coefficient (Wildman–Crippen LogP) is 2.47. The molecule has 0 aliphatic heterocycles. The van der Waals surface area contributed by atoms with Crippen molar-refractivity contribution < 1.29 is 4.79 Å². The van der Waals surface area contributed by atoms with E-state index < -0.39 is 0 Å². The molecule has 0 spiro atoms. The fourth-order valence-corrected chi connectivity index (χ4v) is 2.94. The van der Waals surface area contributed by atoms with Crippen LogP contribution in [0.5, 0.6) is 0 Å². The van der Waals surface area contributed by atoms with Crippen molar-refractivity contribution in [2.45, 2.75) is 18.9 Å². The van der Waals surface area contributed by atoms with E-state index >= 15 is 0 Å². The highest BCUT2D eigenvalue weighted by Gasteiger charge is 2.23. The maximum atomic E-state index is 12.2. The average Bonchev–Trinajstić information content (AvgIpc) is 3.23. The first-order valence-corrected chi connectivity index (χ1v) is 7.77. The van der Waals surface area contributed by atoms with E-state index in [1.165, 1.54) is 15.8 Å². The lowest BCUT2D eigenvalue weighted by atomic mass is 10.1. The molecule has 2 heterocycles. The molecule has 4 rings (SSSR count). The molecule has 2 aromatic heterocycles. The molecule has 120 valence electrons. The van der Waals surface area contributed by atoms with Gasteiger partial charge >= 0.3 is 6.03 Å². The van der Waals surface area contributed by atoms with Crippen molar-refractivity contribution in [1.82, 2.24) is 25.1 Å². The van der Waals surface area contributed by atoms with Crippen molar-refractivity contribution in [3.8, 4) is 5.95 Å². The van der Waals surface area contributed by atoms with Crippen LogP contribution in [0.15, 0.2) is 55.1 Å². The molecule has 0 saturated heterocycles. The monoisotopic (exact) mass is 320 g/mol. The van der Waals surface area contributed by atoms with Gasteiger partial charge in [0, 0.05) is 12.4 Å². The third kappa shape index (κ3) is 2.83. The summed E-state index contributed by atoms with van der Waals surface area (Å²) in [6, 6.07) is 9.75. The highest BCUT2D eigenvalue weighted by atomic mass is 16.2. The Morgan fingerprint density at radius 2 is 2.00 bits per heavy atom. The molecule has 0 unspecified atom stereocenters. The second-order valence-corrected chi connectivity index (χ2v) is 5.61. The lowest BCUT2D eigenvalue weighted by Crippen LogP contribution is -2.31. The molecule has 1 aromatic carbocycles. The van der Waals surface area contributed by atoms with E-state index in [1.54, 1.807) is 30.9 Å². The number of hydrogen-bond acceptors (Lipinski definition) is 4. The summed E-state index contributed by atoms with van der Waals surface area (Å²) in [6.45, 7) is 0. The number of hydrogen-bond donors (Lipinski definition) is 2. The number of benzene rings is 1. The van der Waals surface area contributed by atoms with Crippen molar-refractivity contribution in [3.05, 3.63) is 66.2 Å². The molecule has 24 heavy (non-hydrogen) atoms. The van der Waals surface area contributed by atoms with Crippen molar-refractivity contribution >= 4 is 11.7 Å². The molecule has 2 N–H and O–H groups in total. The Balaban J connectivity index is 1.42. The fraction of sp³-hybridized carbons (Fsp3) is 0.176. The first-order chi connectivity index (χ1) is 11.8. The summed E-state index contributed by atoms with van der Waals surface area (Å²) < 4.78 is 1.51. The first kappa shape index (κ1) is 14.4. The molecule has 1 atom stereocenters. The number of anilines is 1. The van der Waals surface area contributed by atoms with Crippen LogP contribution in [0.4, 0.5) is 10.5 Å². The molecule has 0 fully saturated rings. The standard InChI is InChI=1S/C17H16N6O/c24-17(22-15-7-6-12-4-1-2-5-14(12)15)21-13-10-20-23(11-13)16-18-8-3-9-19-16/h1-5,8-11,15H,6-7H2,(H2,21,22,24)/t15-/m0/s1. The van der Waals surface area contributed by atoms with E-state index in [2.05, 4.69) is 37.8 Å². The number of nitrogens with zero attached hydrogens (tertiary/aromatic N) is 4. The van der Waals surface area contributed by atoms with Gasteiger partial charge in [-0.05, 0) is 30.0 Å². The van der Waals surface area contributed by atoms with Crippen molar-refractivity contribution in [2.24, 2.45) is 0 Å². The molecule has 7 nitrogen and oxygen atoms in total. The molecule has 0 radical (unpaired) electrons. The zero-order valence-electron chi connectivity index (χ0n) is 12.9. The number of nitrogens with one attached hydrogen (secondary N) is 2. The van der Waals surface area contributed by atoms with E-state index in [9.17, 15) is 4.79 Å². The summed E-state index contributed by atoms with van der Waals surface area (Å²) in [4.78, 5) is 20.5. The van der Waals surface area contributed by atoms with Gasteiger partial charge in [0.1, 0.15) is 0 Å². The van der Waals surface area contributed by atoms with Crippen LogP contribution in [-0.2, 0) is 6.42 Å². The molecular formula is C17H16N6O. The maximum Gasteiger partial charge on any atom is 0.319 e. The van der Waals surface area contributed by atoms with Gasteiger partial charge in [-0.1, -0.05) is 24.3 Å². The number of fused-ring (bicyclic) bond motifs is 1. The van der Waals surface area contributed by atoms with Crippen LogP contribution in [0.2, 0.25) is 0 Å². The predicted molar refractivity (Wildman–Crippen MR) is 88.8 cm³/mol. The van der Waals surface area contributed by atoms with E-state index in [0.29, 0.717) is 11.6 Å². The van der Waals surface area contributed by atoms with E-state index in [0.717, 1.165) is 12.8 Å². The Hall–Kier alpha value is -3.22. The van der Waals surface area contributed by atoms with E-state index in [-0.39, 0.29) is 12.1 Å². The van der Waals surface area contributed by atoms with Crippen molar-refractivity contribution in [3.63, 3.8) is 0 Å². The van der Waals surface area contributed by atoms with Gasteiger partial charge in [0.25, 0.3) is 0 Å². The van der Waals surface area contributed by atoms with Gasteiger partial charge in [0.2, 0.25) is 5.95 Å². The zero-order chi connectivity index (χ0) is 16.4. The summed E-state index contributed by atoms with van der Waals surface area (Å²) in [5, 5.41) is 9.97. The second kappa shape index (κ2) is 6.11. The normalized spacial score (nSPS) is 15.8. The topological polar surface area (TPSA) is 84.7 Å². The molecule has 1 aliphatic carbocycles. The van der Waals surface area contributed by atoms with Gasteiger partial charge in [0.05, 0.1) is 24.1 Å². The summed E-state index contributed by atoms with van der Waals surface area (Å²) in [5.74, 6) is 0.454. The third-order valence-electron chi connectivity index (χ3n) is 4.04. The van der Waals surface area contributed by atoms with Crippen molar-refractivity contribution in [1.29, 1.82) is 0 Å². The van der Waals surface area contributed by atoms with Crippen molar-refractivity contribution in [2.75, 3.05) is 5.32 Å². The van der Waals surface area contributed by atoms with Gasteiger partial charge in [0.15, 0.2) is 0 Å². The van der Waals surface area contributed by atoms with Gasteiger partial charge in [-0.2, -0.15) is 5.10 Å². The van der Waals surface area contributed by atoms with Gasteiger partial charge < -0.3 is 10.6 Å². The number of aryl methyl sites for hydroxylation is 1. The lowest BCUT2D eigenvalue weighted by Gasteiger charge is -2.14. The molecule has 3 aromatic rings. The van der Waals surface area contributed by atoms with Crippen LogP contribution < -0.4 is 10.6 Å². The van der Waals surface area contributed by atoms with E-state index in [1.807, 2.05) is 12.1 Å². The van der Waals surface area contributed by atoms with E-state index in [4.69, 9.17) is 0 Å². The largest absolute Gasteiger partial charge is 0.331 e. The number of urea groups is 1. The molecular weight excluding hydrogens is 304 g/mol. The minimum atomic E-state index is -0.245. The Labute approximate surface area is 138 Å². The fourth-order valence-electron chi connectivity index (χ4n) is 2.94. The highest BCUT2D eigenvalue weighted by molar-refractivity contribution is 5.89. The molecule has 7 heteroatoms. The Morgan fingerprint density at radius 1 is 1.17 bits per heavy atom. The van der Waals surface area contributed by atoms with Crippen LogP contribution in [-0.4, -0.2) is 25.8 Å². The smallest absolute Gasteiger partial charge is 0.319 e. The maximum absolute atomic E-state index is 12.2. The minimum Gasteiger partial charge on any atom is -0.331 e. The summed E-state index contributed by atoms with van der Waals surface area (Å²) in [7, 11) is 0. The lowest BCUT2D eigenvalue weighted by molar-refractivity contribution is 0.248. The zero-order valence-corrected chi connectivity index (χ0v) is 12.9. The number of carbonyl (C=O) groups excluding carboxylic acids is 1. The number of carbonyl (C=O) groups is 1. The Morgan fingerprint density at radius 3 is 2.88 bits per heavy atom. The SMILES string of the molecule is O=C(Nc1cnn(-c2ncccn2)c1)N[C@H]1CCc2ccccc21. The molecule has 0 bridgehead atoms. The van der Waals surface area contributed by atoms with Gasteiger partial charge in [-0.3, -0.25) is 0 Å².